The van der Waals surface area contributed by atoms with Crippen LogP contribution < -0.4 is 5.73 Å². The van der Waals surface area contributed by atoms with Crippen molar-refractivity contribution in [3.63, 3.8) is 0 Å². The van der Waals surface area contributed by atoms with E-state index < -0.39 is 0 Å². The van der Waals surface area contributed by atoms with E-state index in [1.165, 1.54) is 0 Å². The molecule has 2 N–H and O–H groups in total. The summed E-state index contributed by atoms with van der Waals surface area (Å²) in [5.74, 6) is 3.08. The smallest absolute Gasteiger partial charge is 0.243 e. The number of aromatic nitrogens is 2. The van der Waals surface area contributed by atoms with Gasteiger partial charge in [0.05, 0.1) is 11.8 Å². The number of nitrogens with two attached hydrogens (primary N) is 1. The van der Waals surface area contributed by atoms with Crippen LogP contribution in [0.1, 0.15) is 24.2 Å². The second-order valence-corrected chi connectivity index (χ2v) is 4.72. The van der Waals surface area contributed by atoms with Gasteiger partial charge in [0.1, 0.15) is 0 Å². The van der Waals surface area contributed by atoms with Crippen molar-refractivity contribution >= 4 is 23.5 Å². The van der Waals surface area contributed by atoms with Crippen molar-refractivity contribution < 1.29 is 4.52 Å². The van der Waals surface area contributed by atoms with Crippen molar-refractivity contribution in [1.82, 2.24) is 10.1 Å². The third-order valence-corrected chi connectivity index (χ3v) is 2.90. The van der Waals surface area contributed by atoms with Crippen LogP contribution in [-0.4, -0.2) is 28.4 Å². The Kier molecular flexibility index (Phi) is 5.36. The highest BCUT2D eigenvalue weighted by molar-refractivity contribution is 7.98. The molecular weight excluding hydrogens is 218 g/mol. The summed E-state index contributed by atoms with van der Waals surface area (Å²) in [6.45, 7) is 0. The van der Waals surface area contributed by atoms with E-state index in [2.05, 4.69) is 16.4 Å². The standard InChI is InChI=1S/C8H15N3OS2/c1-13-4-3-6(9)8-10-7(5-14-2)11-12-8/h6H,3-5,9H2,1-2H3/t6-/m1/s1. The summed E-state index contributed by atoms with van der Waals surface area (Å²) in [5, 5.41) is 3.84. The molecule has 4 nitrogen and oxygen atoms in total. The van der Waals surface area contributed by atoms with Gasteiger partial charge in [0.25, 0.3) is 0 Å². The van der Waals surface area contributed by atoms with Crippen molar-refractivity contribution in [2.75, 3.05) is 18.3 Å². The molecule has 0 spiro atoms. The Bertz CT molecular complexity index is 267. The predicted molar refractivity (Wildman–Crippen MR) is 61.4 cm³/mol. The zero-order valence-corrected chi connectivity index (χ0v) is 10.0. The zero-order chi connectivity index (χ0) is 10.4. The highest BCUT2D eigenvalue weighted by atomic mass is 32.2. The molecule has 1 rings (SSSR count). The minimum Gasteiger partial charge on any atom is -0.338 e. The lowest BCUT2D eigenvalue weighted by molar-refractivity contribution is 0.350. The largest absolute Gasteiger partial charge is 0.338 e. The highest BCUT2D eigenvalue weighted by Gasteiger charge is 2.13. The predicted octanol–water partition coefficient (Wildman–Crippen LogP) is 1.69. The molecule has 0 aliphatic heterocycles. The summed E-state index contributed by atoms with van der Waals surface area (Å²) in [6, 6.07) is -0.120. The lowest BCUT2D eigenvalue weighted by Gasteiger charge is -2.03. The lowest BCUT2D eigenvalue weighted by atomic mass is 10.2. The quantitative estimate of drug-likeness (QED) is 0.806. The van der Waals surface area contributed by atoms with E-state index in [1.807, 2.05) is 6.26 Å². The van der Waals surface area contributed by atoms with Crippen molar-refractivity contribution in [2.45, 2.75) is 18.2 Å². The Hall–Kier alpha value is -0.200. The maximum atomic E-state index is 5.87. The molecule has 1 heterocycles. The number of hydrogen-bond donors (Lipinski definition) is 1. The molecule has 0 bridgehead atoms. The van der Waals surface area contributed by atoms with Gasteiger partial charge in [-0.3, -0.25) is 0 Å². The van der Waals surface area contributed by atoms with E-state index in [9.17, 15) is 0 Å². The van der Waals surface area contributed by atoms with E-state index in [-0.39, 0.29) is 6.04 Å². The second kappa shape index (κ2) is 6.31. The van der Waals surface area contributed by atoms with E-state index >= 15 is 0 Å². The SMILES string of the molecule is CSCC[C@@H](N)c1nc(CSC)no1. The zero-order valence-electron chi connectivity index (χ0n) is 8.40. The van der Waals surface area contributed by atoms with Gasteiger partial charge in [-0.1, -0.05) is 5.16 Å². The van der Waals surface area contributed by atoms with Gasteiger partial charge in [0, 0.05) is 0 Å². The van der Waals surface area contributed by atoms with Crippen LogP contribution in [0, 0.1) is 0 Å². The fourth-order valence-corrected chi connectivity index (χ4v) is 1.84. The van der Waals surface area contributed by atoms with Gasteiger partial charge in [-0.15, -0.1) is 0 Å². The van der Waals surface area contributed by atoms with Gasteiger partial charge in [-0.25, -0.2) is 0 Å². The Morgan fingerprint density at radius 2 is 2.21 bits per heavy atom. The maximum Gasteiger partial charge on any atom is 0.243 e. The van der Waals surface area contributed by atoms with Gasteiger partial charge >= 0.3 is 0 Å². The molecule has 0 saturated carbocycles. The number of rotatable bonds is 6. The van der Waals surface area contributed by atoms with Crippen molar-refractivity contribution in [2.24, 2.45) is 5.73 Å². The summed E-state index contributed by atoms with van der Waals surface area (Å²) in [7, 11) is 0. The Labute approximate surface area is 92.4 Å². The molecule has 0 amide bonds. The first-order chi connectivity index (χ1) is 6.77. The van der Waals surface area contributed by atoms with Gasteiger partial charge in [-0.05, 0) is 24.7 Å². The number of nitrogens with zero attached hydrogens (tertiary/aromatic N) is 2. The molecule has 6 heteroatoms. The number of hydrogen-bond acceptors (Lipinski definition) is 6. The second-order valence-electron chi connectivity index (χ2n) is 2.87. The lowest BCUT2D eigenvalue weighted by Crippen LogP contribution is -2.11. The average Bonchev–Trinajstić information content (AvgIpc) is 2.63. The van der Waals surface area contributed by atoms with Crippen LogP contribution in [-0.2, 0) is 5.75 Å². The normalized spacial score (nSPS) is 13.1. The highest BCUT2D eigenvalue weighted by Crippen LogP contribution is 2.15. The molecule has 1 atom stereocenters. The molecule has 0 unspecified atom stereocenters. The summed E-state index contributed by atoms with van der Waals surface area (Å²) in [6.07, 6.45) is 4.94. The minimum atomic E-state index is -0.120. The first-order valence-corrected chi connectivity index (χ1v) is 7.12. The fourth-order valence-electron chi connectivity index (χ4n) is 0.974. The number of thioether (sulfide) groups is 2. The Morgan fingerprint density at radius 3 is 2.86 bits per heavy atom. The molecule has 1 aromatic heterocycles. The van der Waals surface area contributed by atoms with Crippen molar-refractivity contribution in [3.8, 4) is 0 Å². The molecule has 0 saturated heterocycles. The topological polar surface area (TPSA) is 64.9 Å². The molecule has 0 aromatic carbocycles. The Balaban J connectivity index is 2.48. The average molecular weight is 233 g/mol. The molecule has 0 radical (unpaired) electrons. The summed E-state index contributed by atoms with van der Waals surface area (Å²) >= 11 is 3.44. The molecule has 0 fully saturated rings. The van der Waals surface area contributed by atoms with Crippen molar-refractivity contribution in [1.29, 1.82) is 0 Å². The summed E-state index contributed by atoms with van der Waals surface area (Å²) in [4.78, 5) is 4.22. The van der Waals surface area contributed by atoms with Gasteiger partial charge in [-0.2, -0.15) is 28.5 Å². The Morgan fingerprint density at radius 1 is 1.43 bits per heavy atom. The molecule has 0 aliphatic carbocycles. The van der Waals surface area contributed by atoms with Crippen LogP contribution in [0.2, 0.25) is 0 Å². The van der Waals surface area contributed by atoms with Gasteiger partial charge in [0.2, 0.25) is 5.89 Å². The molecular formula is C8H15N3OS2. The van der Waals surface area contributed by atoms with Crippen molar-refractivity contribution in [3.05, 3.63) is 11.7 Å². The monoisotopic (exact) mass is 233 g/mol. The fraction of sp³-hybridized carbons (Fsp3) is 0.750. The van der Waals surface area contributed by atoms with E-state index in [4.69, 9.17) is 10.3 Å². The summed E-state index contributed by atoms with van der Waals surface area (Å²) < 4.78 is 5.07. The minimum absolute atomic E-state index is 0.120. The van der Waals surface area contributed by atoms with Crippen LogP contribution >= 0.6 is 23.5 Å². The first-order valence-electron chi connectivity index (χ1n) is 4.34. The molecule has 1 aromatic rings. The van der Waals surface area contributed by atoms with Crippen LogP contribution in [0.25, 0.3) is 0 Å². The van der Waals surface area contributed by atoms with Gasteiger partial charge in [0.15, 0.2) is 5.82 Å². The van der Waals surface area contributed by atoms with Crippen LogP contribution in [0.15, 0.2) is 4.52 Å². The molecule has 14 heavy (non-hydrogen) atoms. The van der Waals surface area contributed by atoms with E-state index in [1.54, 1.807) is 23.5 Å². The van der Waals surface area contributed by atoms with Crippen LogP contribution in [0.4, 0.5) is 0 Å². The van der Waals surface area contributed by atoms with Crippen LogP contribution in [0.3, 0.4) is 0 Å². The van der Waals surface area contributed by atoms with Crippen LogP contribution in [0.5, 0.6) is 0 Å². The van der Waals surface area contributed by atoms with E-state index in [0.29, 0.717) is 5.89 Å². The third-order valence-electron chi connectivity index (χ3n) is 1.71. The maximum absolute atomic E-state index is 5.87. The molecule has 0 aliphatic rings. The van der Waals surface area contributed by atoms with Gasteiger partial charge < -0.3 is 10.3 Å². The van der Waals surface area contributed by atoms with E-state index in [0.717, 1.165) is 23.8 Å². The summed E-state index contributed by atoms with van der Waals surface area (Å²) in [5.41, 5.74) is 5.87. The molecule has 80 valence electrons. The first kappa shape index (κ1) is 11.9. The third kappa shape index (κ3) is 3.51.